The largest absolute Gasteiger partial charge is 0.375 e. The van der Waals surface area contributed by atoms with E-state index in [1.807, 2.05) is 16.8 Å². The van der Waals surface area contributed by atoms with Gasteiger partial charge in [-0.2, -0.15) is 9.61 Å². The van der Waals surface area contributed by atoms with Crippen LogP contribution in [0.5, 0.6) is 0 Å². The third-order valence-corrected chi connectivity index (χ3v) is 7.57. The van der Waals surface area contributed by atoms with Crippen molar-refractivity contribution >= 4 is 28.9 Å². The first-order valence-electron chi connectivity index (χ1n) is 12.5. The van der Waals surface area contributed by atoms with Crippen molar-refractivity contribution in [2.45, 2.75) is 69.1 Å². The molecule has 0 bridgehead atoms. The van der Waals surface area contributed by atoms with E-state index in [0.29, 0.717) is 28.5 Å². The molecule has 3 aromatic rings. The number of hydrogen-bond acceptors (Lipinski definition) is 7. The number of carbonyl (C=O) groups is 1. The smallest absolute Gasteiger partial charge is 0.274 e. The minimum absolute atomic E-state index is 0.0353. The lowest BCUT2D eigenvalue weighted by molar-refractivity contribution is -0.0334. The van der Waals surface area contributed by atoms with Gasteiger partial charge in [-0.05, 0) is 63.5 Å². The number of nitrogens with zero attached hydrogens (tertiary/aromatic N) is 4. The number of pyridine rings is 1. The molecule has 4 heterocycles. The molecule has 3 aromatic heterocycles. The summed E-state index contributed by atoms with van der Waals surface area (Å²) in [5.41, 5.74) is 1.25. The van der Waals surface area contributed by atoms with Crippen LogP contribution in [0.2, 0.25) is 0 Å². The van der Waals surface area contributed by atoms with Crippen LogP contribution >= 0.6 is 0 Å². The summed E-state index contributed by atoms with van der Waals surface area (Å²) in [4.78, 5) is 30.7. The Labute approximate surface area is 203 Å². The molecule has 0 unspecified atom stereocenters. The van der Waals surface area contributed by atoms with E-state index < -0.39 is 0 Å². The minimum Gasteiger partial charge on any atom is -0.375 e. The van der Waals surface area contributed by atoms with Crippen molar-refractivity contribution < 1.29 is 9.53 Å². The first-order chi connectivity index (χ1) is 17.0. The predicted molar refractivity (Wildman–Crippen MR) is 132 cm³/mol. The summed E-state index contributed by atoms with van der Waals surface area (Å²) in [7, 11) is 1.78. The van der Waals surface area contributed by atoms with E-state index in [4.69, 9.17) is 4.74 Å². The summed E-state index contributed by atoms with van der Waals surface area (Å²) in [5, 5.41) is 13.6. The SMILES string of the molecule is CNc1cc(Nc2cccn(C3CCC4(CCCO4)CC3)c2=O)nc2c(C(=O)NC3CC3)cnn12. The van der Waals surface area contributed by atoms with Crippen molar-refractivity contribution in [1.82, 2.24) is 24.5 Å². The second-order valence-corrected chi connectivity index (χ2v) is 9.94. The molecule has 1 amide bonds. The molecule has 3 fully saturated rings. The zero-order valence-electron chi connectivity index (χ0n) is 19.9. The van der Waals surface area contributed by atoms with Gasteiger partial charge in [-0.25, -0.2) is 4.98 Å². The highest BCUT2D eigenvalue weighted by Crippen LogP contribution is 2.42. The normalized spacial score (nSPS) is 24.1. The van der Waals surface area contributed by atoms with Crippen LogP contribution in [0.15, 0.2) is 35.4 Å². The van der Waals surface area contributed by atoms with Gasteiger partial charge in [0.15, 0.2) is 5.65 Å². The van der Waals surface area contributed by atoms with E-state index in [-0.39, 0.29) is 29.2 Å². The summed E-state index contributed by atoms with van der Waals surface area (Å²) in [5.74, 6) is 0.950. The van der Waals surface area contributed by atoms with Gasteiger partial charge >= 0.3 is 0 Å². The minimum atomic E-state index is -0.183. The molecule has 0 radical (unpaired) electrons. The summed E-state index contributed by atoms with van der Waals surface area (Å²) in [6.07, 6.45) is 11.5. The van der Waals surface area contributed by atoms with Gasteiger partial charge in [0.05, 0.1) is 11.8 Å². The van der Waals surface area contributed by atoms with Crippen LogP contribution in [0.4, 0.5) is 17.3 Å². The summed E-state index contributed by atoms with van der Waals surface area (Å²) in [6.45, 7) is 0.858. The Bertz CT molecular complexity index is 1310. The number of carbonyl (C=O) groups excluding carboxylic acids is 1. The fraction of sp³-hybridized carbons (Fsp3) is 0.520. The maximum atomic E-state index is 13.4. The van der Waals surface area contributed by atoms with Gasteiger partial charge in [-0.1, -0.05) is 0 Å². The van der Waals surface area contributed by atoms with E-state index >= 15 is 0 Å². The Morgan fingerprint density at radius 1 is 1.20 bits per heavy atom. The van der Waals surface area contributed by atoms with Crippen molar-refractivity contribution in [1.29, 1.82) is 0 Å². The van der Waals surface area contributed by atoms with E-state index in [0.717, 1.165) is 58.0 Å². The second kappa shape index (κ2) is 8.67. The number of aromatic nitrogens is 4. The average Bonchev–Trinajstić information content (AvgIpc) is 3.39. The van der Waals surface area contributed by atoms with Crippen molar-refractivity contribution in [3.63, 3.8) is 0 Å². The van der Waals surface area contributed by atoms with E-state index in [9.17, 15) is 9.59 Å². The molecule has 10 nitrogen and oxygen atoms in total. The van der Waals surface area contributed by atoms with Crippen molar-refractivity contribution in [3.05, 3.63) is 46.5 Å². The molecule has 2 aliphatic carbocycles. The van der Waals surface area contributed by atoms with Crippen LogP contribution in [0.3, 0.4) is 0 Å². The van der Waals surface area contributed by atoms with Crippen LogP contribution in [0.1, 0.15) is 67.8 Å². The lowest BCUT2D eigenvalue weighted by Crippen LogP contribution is -2.36. The number of amides is 1. The van der Waals surface area contributed by atoms with Gasteiger partial charge in [0.25, 0.3) is 11.5 Å². The highest BCUT2D eigenvalue weighted by molar-refractivity contribution is 6.00. The molecule has 0 atom stereocenters. The van der Waals surface area contributed by atoms with E-state index in [2.05, 4.69) is 26.0 Å². The van der Waals surface area contributed by atoms with Crippen LogP contribution in [0.25, 0.3) is 5.65 Å². The molecule has 2 saturated carbocycles. The van der Waals surface area contributed by atoms with Gasteiger partial charge < -0.3 is 25.3 Å². The molecule has 10 heteroatoms. The zero-order chi connectivity index (χ0) is 24.0. The molecule has 1 saturated heterocycles. The highest BCUT2D eigenvalue weighted by atomic mass is 16.5. The zero-order valence-corrected chi connectivity index (χ0v) is 19.9. The molecule has 3 N–H and O–H groups in total. The van der Waals surface area contributed by atoms with Gasteiger partial charge in [0, 0.05) is 38.0 Å². The molecule has 1 aliphatic heterocycles. The molecule has 3 aliphatic rings. The molecular weight excluding hydrogens is 446 g/mol. The van der Waals surface area contributed by atoms with Crippen molar-refractivity contribution in [2.75, 3.05) is 24.3 Å². The summed E-state index contributed by atoms with van der Waals surface area (Å²) >= 11 is 0. The molecular formula is C25H31N7O3. The predicted octanol–water partition coefficient (Wildman–Crippen LogP) is 3.23. The lowest BCUT2D eigenvalue weighted by atomic mass is 9.80. The van der Waals surface area contributed by atoms with Crippen molar-refractivity contribution in [2.24, 2.45) is 0 Å². The Morgan fingerprint density at radius 2 is 2.03 bits per heavy atom. The fourth-order valence-electron chi connectivity index (χ4n) is 5.44. The number of hydrogen-bond donors (Lipinski definition) is 3. The van der Waals surface area contributed by atoms with Crippen LogP contribution in [0, 0.1) is 0 Å². The Hall–Kier alpha value is -3.40. The summed E-state index contributed by atoms with van der Waals surface area (Å²) in [6, 6.07) is 5.84. The Balaban J connectivity index is 1.27. The van der Waals surface area contributed by atoms with E-state index in [1.165, 1.54) is 6.20 Å². The Morgan fingerprint density at radius 3 is 2.74 bits per heavy atom. The second-order valence-electron chi connectivity index (χ2n) is 9.94. The number of nitrogens with one attached hydrogen (secondary N) is 3. The van der Waals surface area contributed by atoms with Gasteiger partial charge in [0.2, 0.25) is 0 Å². The average molecular weight is 478 g/mol. The standard InChI is InChI=1S/C25H31N7O3/c1-26-21-14-20(30-22-18(15-27-32(21)22)23(33)28-16-5-6-16)29-19-4-2-12-31(24(19)34)17-7-10-25(11-8-17)9-3-13-35-25/h2,4,12,14-17,26H,3,5-11,13H2,1H3,(H,28,33)(H,29,30). The highest BCUT2D eigenvalue weighted by Gasteiger charge is 2.39. The summed E-state index contributed by atoms with van der Waals surface area (Å²) < 4.78 is 9.49. The lowest BCUT2D eigenvalue weighted by Gasteiger charge is -2.37. The molecule has 1 spiro atoms. The van der Waals surface area contributed by atoms with Gasteiger partial charge in [0.1, 0.15) is 22.9 Å². The van der Waals surface area contributed by atoms with Crippen LogP contribution in [-0.2, 0) is 4.74 Å². The number of fused-ring (bicyclic) bond motifs is 1. The Kier molecular flexibility index (Phi) is 5.47. The number of anilines is 3. The van der Waals surface area contributed by atoms with Crippen LogP contribution < -0.4 is 21.5 Å². The van der Waals surface area contributed by atoms with Crippen LogP contribution in [-0.4, -0.2) is 50.4 Å². The maximum Gasteiger partial charge on any atom is 0.274 e. The molecule has 35 heavy (non-hydrogen) atoms. The first kappa shape index (κ1) is 22.1. The maximum absolute atomic E-state index is 13.4. The monoisotopic (exact) mass is 477 g/mol. The number of rotatable bonds is 6. The third kappa shape index (κ3) is 4.16. The van der Waals surface area contributed by atoms with Gasteiger partial charge in [-0.3, -0.25) is 9.59 Å². The molecule has 0 aromatic carbocycles. The van der Waals surface area contributed by atoms with Crippen molar-refractivity contribution in [3.8, 4) is 0 Å². The number of ether oxygens (including phenoxy) is 1. The fourth-order valence-corrected chi connectivity index (χ4v) is 5.44. The molecule has 184 valence electrons. The van der Waals surface area contributed by atoms with E-state index in [1.54, 1.807) is 23.7 Å². The van der Waals surface area contributed by atoms with Gasteiger partial charge in [-0.15, -0.1) is 0 Å². The molecule has 6 rings (SSSR count). The first-order valence-corrected chi connectivity index (χ1v) is 12.5. The third-order valence-electron chi connectivity index (χ3n) is 7.57. The quantitative estimate of drug-likeness (QED) is 0.499. The topological polar surface area (TPSA) is 115 Å².